The Morgan fingerprint density at radius 3 is 2.70 bits per heavy atom. The Labute approximate surface area is 138 Å². The molecule has 3 heterocycles. The molecule has 0 saturated carbocycles. The number of piperazine rings is 1. The summed E-state index contributed by atoms with van der Waals surface area (Å²) in [6.07, 6.45) is 5.45. The number of hydrogen-bond acceptors (Lipinski definition) is 4. The van der Waals surface area contributed by atoms with Crippen LogP contribution in [0.25, 0.3) is 0 Å². The van der Waals surface area contributed by atoms with Gasteiger partial charge in [0.25, 0.3) is 0 Å². The summed E-state index contributed by atoms with van der Waals surface area (Å²) in [7, 11) is 2.09. The molecule has 0 unspecified atom stereocenters. The van der Waals surface area contributed by atoms with Crippen LogP contribution in [0.1, 0.15) is 18.5 Å². The van der Waals surface area contributed by atoms with Crippen molar-refractivity contribution >= 4 is 5.91 Å². The molecule has 5 nitrogen and oxygen atoms in total. The van der Waals surface area contributed by atoms with E-state index in [1.54, 1.807) is 0 Å². The quantitative estimate of drug-likeness (QED) is 0.787. The van der Waals surface area contributed by atoms with Gasteiger partial charge in [0.1, 0.15) is 5.54 Å². The molecular formula is C18H26N4O. The lowest BCUT2D eigenvalue weighted by atomic mass is 9.82. The minimum absolute atomic E-state index is 0.281. The van der Waals surface area contributed by atoms with Crippen molar-refractivity contribution in [3.05, 3.63) is 42.7 Å². The first-order valence-electron chi connectivity index (χ1n) is 8.39. The fraction of sp³-hybridized carbons (Fsp3) is 0.556. The van der Waals surface area contributed by atoms with Gasteiger partial charge in [-0.3, -0.25) is 19.6 Å². The molecule has 0 N–H and O–H groups in total. The van der Waals surface area contributed by atoms with Crippen LogP contribution >= 0.6 is 0 Å². The largest absolute Gasteiger partial charge is 0.336 e. The average Bonchev–Trinajstić information content (AvgIpc) is 2.58. The number of nitrogens with zero attached hydrogens (tertiary/aromatic N) is 4. The van der Waals surface area contributed by atoms with Gasteiger partial charge in [-0.1, -0.05) is 12.1 Å². The van der Waals surface area contributed by atoms with Crippen LogP contribution in [0.5, 0.6) is 0 Å². The Balaban J connectivity index is 1.66. The van der Waals surface area contributed by atoms with Crippen molar-refractivity contribution < 1.29 is 4.79 Å². The Morgan fingerprint density at radius 2 is 2.04 bits per heavy atom. The van der Waals surface area contributed by atoms with E-state index >= 15 is 0 Å². The lowest BCUT2D eigenvalue weighted by molar-refractivity contribution is -0.153. The predicted molar refractivity (Wildman–Crippen MR) is 90.9 cm³/mol. The van der Waals surface area contributed by atoms with E-state index < -0.39 is 0 Å². The van der Waals surface area contributed by atoms with Gasteiger partial charge >= 0.3 is 0 Å². The molecule has 2 saturated heterocycles. The number of rotatable bonds is 4. The molecule has 0 atom stereocenters. The number of likely N-dealkylation sites (tertiary alicyclic amines) is 1. The third-order valence-corrected chi connectivity index (χ3v) is 5.27. The van der Waals surface area contributed by atoms with Gasteiger partial charge in [0, 0.05) is 45.5 Å². The first-order valence-corrected chi connectivity index (χ1v) is 8.39. The minimum atomic E-state index is -0.318. The Bertz CT molecular complexity index is 551. The van der Waals surface area contributed by atoms with Crippen LogP contribution in [0.15, 0.2) is 37.1 Å². The van der Waals surface area contributed by atoms with Gasteiger partial charge in [-0.25, -0.2) is 0 Å². The molecule has 1 aromatic heterocycles. The van der Waals surface area contributed by atoms with E-state index in [4.69, 9.17) is 0 Å². The van der Waals surface area contributed by atoms with Crippen molar-refractivity contribution in [1.82, 2.24) is 19.7 Å². The molecule has 3 rings (SSSR count). The number of pyridine rings is 1. The van der Waals surface area contributed by atoms with Gasteiger partial charge in [0.2, 0.25) is 5.91 Å². The van der Waals surface area contributed by atoms with E-state index in [1.807, 2.05) is 29.3 Å². The maximum Gasteiger partial charge on any atom is 0.243 e. The Hall–Kier alpha value is -1.72. The number of carbonyl (C=O) groups excluding carboxylic acids is 1. The summed E-state index contributed by atoms with van der Waals surface area (Å²) < 4.78 is 0. The zero-order chi connectivity index (χ0) is 16.3. The fourth-order valence-electron chi connectivity index (χ4n) is 3.77. The number of piperidine rings is 1. The topological polar surface area (TPSA) is 39.7 Å². The van der Waals surface area contributed by atoms with Gasteiger partial charge in [-0.15, -0.1) is 6.58 Å². The van der Waals surface area contributed by atoms with Crippen molar-refractivity contribution in [3.63, 3.8) is 0 Å². The molecule has 1 aromatic rings. The van der Waals surface area contributed by atoms with Gasteiger partial charge < -0.3 is 4.90 Å². The van der Waals surface area contributed by atoms with Gasteiger partial charge in [-0.2, -0.15) is 0 Å². The van der Waals surface area contributed by atoms with E-state index in [0.717, 1.165) is 51.3 Å². The van der Waals surface area contributed by atoms with Gasteiger partial charge in [0.05, 0.1) is 5.69 Å². The molecule has 2 aliphatic heterocycles. The lowest BCUT2D eigenvalue weighted by Gasteiger charge is -2.51. The second-order valence-electron chi connectivity index (χ2n) is 6.59. The smallest absolute Gasteiger partial charge is 0.243 e. The number of aromatic nitrogens is 1. The van der Waals surface area contributed by atoms with Gasteiger partial charge in [0.15, 0.2) is 0 Å². The molecule has 124 valence electrons. The summed E-state index contributed by atoms with van der Waals surface area (Å²) in [5, 5.41) is 0. The molecule has 0 radical (unpaired) electrons. The third kappa shape index (κ3) is 3.16. The van der Waals surface area contributed by atoms with Crippen LogP contribution in [-0.2, 0) is 11.3 Å². The standard InChI is InChI=1S/C18H26N4O/c1-3-10-22-14-13-20(2)18(17(22)23)7-11-21(12-8-18)15-16-6-4-5-9-19-16/h3-6,9H,1,7-8,10-15H2,2H3. The molecule has 2 fully saturated rings. The second kappa shape index (κ2) is 6.81. The molecule has 0 aliphatic carbocycles. The zero-order valence-corrected chi connectivity index (χ0v) is 13.9. The minimum Gasteiger partial charge on any atom is -0.336 e. The molecule has 0 bridgehead atoms. The zero-order valence-electron chi connectivity index (χ0n) is 13.9. The SMILES string of the molecule is C=CCN1CCN(C)C2(CCN(Cc3ccccn3)CC2)C1=O. The van der Waals surface area contributed by atoms with Crippen LogP contribution in [0.4, 0.5) is 0 Å². The maximum atomic E-state index is 13.0. The molecular weight excluding hydrogens is 288 g/mol. The number of amides is 1. The third-order valence-electron chi connectivity index (χ3n) is 5.27. The van der Waals surface area contributed by atoms with Crippen LogP contribution in [0.2, 0.25) is 0 Å². The van der Waals surface area contributed by atoms with Crippen LogP contribution in [0, 0.1) is 0 Å². The molecule has 1 amide bonds. The summed E-state index contributed by atoms with van der Waals surface area (Å²) in [6, 6.07) is 6.03. The first-order chi connectivity index (χ1) is 11.2. The van der Waals surface area contributed by atoms with Crippen LogP contribution in [0.3, 0.4) is 0 Å². The number of carbonyl (C=O) groups is 1. The van der Waals surface area contributed by atoms with Crippen molar-refractivity contribution in [1.29, 1.82) is 0 Å². The van der Waals surface area contributed by atoms with E-state index in [1.165, 1.54) is 0 Å². The molecule has 1 spiro atoms. The highest BCUT2D eigenvalue weighted by atomic mass is 16.2. The van der Waals surface area contributed by atoms with Crippen LogP contribution < -0.4 is 0 Å². The predicted octanol–water partition coefficient (Wildman–Crippen LogP) is 1.38. The second-order valence-corrected chi connectivity index (χ2v) is 6.59. The van der Waals surface area contributed by atoms with Crippen LogP contribution in [-0.4, -0.2) is 70.9 Å². The summed E-state index contributed by atoms with van der Waals surface area (Å²) >= 11 is 0. The lowest BCUT2D eigenvalue weighted by Crippen LogP contribution is -2.67. The summed E-state index contributed by atoms with van der Waals surface area (Å²) in [4.78, 5) is 24.0. The van der Waals surface area contributed by atoms with E-state index in [2.05, 4.69) is 34.5 Å². The van der Waals surface area contributed by atoms with Crippen molar-refractivity contribution in [3.8, 4) is 0 Å². The van der Waals surface area contributed by atoms with E-state index in [-0.39, 0.29) is 11.4 Å². The highest BCUT2D eigenvalue weighted by molar-refractivity contribution is 5.87. The molecule has 2 aliphatic rings. The Morgan fingerprint density at radius 1 is 1.26 bits per heavy atom. The Kier molecular flexibility index (Phi) is 4.78. The fourth-order valence-corrected chi connectivity index (χ4v) is 3.77. The maximum absolute atomic E-state index is 13.0. The normalized spacial score (nSPS) is 22.5. The summed E-state index contributed by atoms with van der Waals surface area (Å²) in [5.74, 6) is 0.281. The van der Waals surface area contributed by atoms with Gasteiger partial charge in [-0.05, 0) is 32.0 Å². The summed E-state index contributed by atoms with van der Waals surface area (Å²) in [6.45, 7) is 8.93. The number of likely N-dealkylation sites (N-methyl/N-ethyl adjacent to an activating group) is 1. The first kappa shape index (κ1) is 16.1. The van der Waals surface area contributed by atoms with Crippen molar-refractivity contribution in [2.75, 3.05) is 39.8 Å². The molecule has 0 aromatic carbocycles. The van der Waals surface area contributed by atoms with E-state index in [0.29, 0.717) is 6.54 Å². The highest BCUT2D eigenvalue weighted by Gasteiger charge is 2.48. The highest BCUT2D eigenvalue weighted by Crippen LogP contribution is 2.33. The van der Waals surface area contributed by atoms with Crippen molar-refractivity contribution in [2.45, 2.75) is 24.9 Å². The number of hydrogen-bond donors (Lipinski definition) is 0. The molecule has 5 heteroatoms. The average molecular weight is 314 g/mol. The molecule has 23 heavy (non-hydrogen) atoms. The van der Waals surface area contributed by atoms with E-state index in [9.17, 15) is 4.79 Å². The summed E-state index contributed by atoms with van der Waals surface area (Å²) in [5.41, 5.74) is 0.780. The van der Waals surface area contributed by atoms with Crippen molar-refractivity contribution in [2.24, 2.45) is 0 Å². The monoisotopic (exact) mass is 314 g/mol.